The van der Waals surface area contributed by atoms with E-state index in [1.54, 1.807) is 18.2 Å². The Hall–Kier alpha value is -1.49. The Morgan fingerprint density at radius 2 is 2.24 bits per heavy atom. The van der Waals surface area contributed by atoms with Crippen molar-refractivity contribution in [1.82, 2.24) is 0 Å². The third-order valence-corrected chi connectivity index (χ3v) is 2.57. The molecule has 0 spiro atoms. The normalized spacial score (nSPS) is 10.5. The van der Waals surface area contributed by atoms with E-state index in [-0.39, 0.29) is 5.75 Å². The topological polar surface area (TPSA) is 55.8 Å². The molecule has 0 aliphatic rings. The van der Waals surface area contributed by atoms with Crippen LogP contribution in [-0.2, 0) is 9.53 Å². The highest BCUT2D eigenvalue weighted by molar-refractivity contribution is 9.10. The van der Waals surface area contributed by atoms with Gasteiger partial charge >= 0.3 is 5.97 Å². The molecule has 4 nitrogen and oxygen atoms in total. The van der Waals surface area contributed by atoms with E-state index < -0.39 is 5.97 Å². The highest BCUT2D eigenvalue weighted by Gasteiger charge is 2.08. The maximum absolute atomic E-state index is 10.9. The van der Waals surface area contributed by atoms with Crippen LogP contribution in [0.2, 0.25) is 0 Å². The minimum absolute atomic E-state index is 0.0436. The molecule has 92 valence electrons. The fraction of sp³-hybridized carbons (Fsp3) is 0.250. The van der Waals surface area contributed by atoms with Gasteiger partial charge in [0.1, 0.15) is 0 Å². The number of halogens is 1. The van der Waals surface area contributed by atoms with Gasteiger partial charge in [0, 0.05) is 6.08 Å². The maximum atomic E-state index is 10.9. The summed E-state index contributed by atoms with van der Waals surface area (Å²) in [6, 6.07) is 3.32. The van der Waals surface area contributed by atoms with Crippen LogP contribution in [0.15, 0.2) is 22.7 Å². The number of hydrogen-bond acceptors (Lipinski definition) is 4. The molecule has 1 N–H and O–H groups in total. The molecule has 1 aromatic rings. The minimum Gasteiger partial charge on any atom is -0.503 e. The summed E-state index contributed by atoms with van der Waals surface area (Å²) in [6.07, 6.45) is 2.88. The number of phenols is 1. The van der Waals surface area contributed by atoms with Crippen molar-refractivity contribution < 1.29 is 19.4 Å². The number of benzene rings is 1. The fourth-order valence-electron chi connectivity index (χ4n) is 1.19. The number of rotatable bonds is 4. The monoisotopic (exact) mass is 300 g/mol. The second-order valence-electron chi connectivity index (χ2n) is 3.14. The van der Waals surface area contributed by atoms with Gasteiger partial charge in [0.15, 0.2) is 11.5 Å². The number of esters is 1. The number of aromatic hydroxyl groups is 1. The summed E-state index contributed by atoms with van der Waals surface area (Å²) < 4.78 is 10.3. The fourth-order valence-corrected chi connectivity index (χ4v) is 1.65. The smallest absolute Gasteiger partial charge is 0.330 e. The molecule has 0 heterocycles. The van der Waals surface area contributed by atoms with Crippen molar-refractivity contribution in [2.24, 2.45) is 0 Å². The third-order valence-electron chi connectivity index (χ3n) is 1.96. The Balaban J connectivity index is 3.01. The first-order valence-corrected chi connectivity index (χ1v) is 5.79. The van der Waals surface area contributed by atoms with Crippen molar-refractivity contribution >= 4 is 28.0 Å². The van der Waals surface area contributed by atoms with Gasteiger partial charge in [-0.15, -0.1) is 0 Å². The van der Waals surface area contributed by atoms with Crippen LogP contribution in [0.5, 0.6) is 11.5 Å². The average molecular weight is 301 g/mol. The van der Waals surface area contributed by atoms with Crippen LogP contribution in [0.1, 0.15) is 12.5 Å². The molecule has 0 radical (unpaired) electrons. The van der Waals surface area contributed by atoms with Gasteiger partial charge in [0.2, 0.25) is 0 Å². The van der Waals surface area contributed by atoms with E-state index >= 15 is 0 Å². The molecule has 1 rings (SSSR count). The first kappa shape index (κ1) is 13.6. The van der Waals surface area contributed by atoms with E-state index in [4.69, 9.17) is 4.74 Å². The zero-order valence-corrected chi connectivity index (χ0v) is 11.2. The molecule has 0 saturated heterocycles. The molecule has 0 aromatic heterocycles. The summed E-state index contributed by atoms with van der Waals surface area (Å²) in [7, 11) is 1.31. The van der Waals surface area contributed by atoms with Crippen molar-refractivity contribution in [2.45, 2.75) is 6.92 Å². The van der Waals surface area contributed by atoms with E-state index in [9.17, 15) is 9.90 Å². The summed E-state index contributed by atoms with van der Waals surface area (Å²) in [5, 5.41) is 9.69. The Morgan fingerprint density at radius 1 is 1.53 bits per heavy atom. The lowest BCUT2D eigenvalue weighted by molar-refractivity contribution is -0.134. The van der Waals surface area contributed by atoms with Gasteiger partial charge in [-0.25, -0.2) is 4.79 Å². The quantitative estimate of drug-likeness (QED) is 0.686. The van der Waals surface area contributed by atoms with Crippen LogP contribution >= 0.6 is 15.9 Å². The minimum atomic E-state index is -0.438. The summed E-state index contributed by atoms with van der Waals surface area (Å²) in [5.41, 5.74) is 0.725. The van der Waals surface area contributed by atoms with Crippen molar-refractivity contribution in [1.29, 1.82) is 0 Å². The number of carbonyl (C=O) groups excluding carboxylic acids is 1. The Labute approximate surface area is 108 Å². The molecule has 0 amide bonds. The molecular formula is C12H13BrO4. The predicted octanol–water partition coefficient (Wildman–Crippen LogP) is 2.74. The summed E-state index contributed by atoms with van der Waals surface area (Å²) >= 11 is 3.21. The van der Waals surface area contributed by atoms with Crippen LogP contribution in [0, 0.1) is 0 Å². The maximum Gasteiger partial charge on any atom is 0.330 e. The van der Waals surface area contributed by atoms with E-state index in [1.165, 1.54) is 13.2 Å². The molecule has 0 bridgehead atoms. The zero-order valence-electron chi connectivity index (χ0n) is 9.57. The highest BCUT2D eigenvalue weighted by Crippen LogP contribution is 2.35. The lowest BCUT2D eigenvalue weighted by Crippen LogP contribution is -1.94. The van der Waals surface area contributed by atoms with Gasteiger partial charge in [-0.3, -0.25) is 0 Å². The van der Waals surface area contributed by atoms with Crippen LogP contribution in [0.3, 0.4) is 0 Å². The summed E-state index contributed by atoms with van der Waals surface area (Å²) in [5.74, 6) is -0.0272. The zero-order chi connectivity index (χ0) is 12.8. The molecule has 1 aromatic carbocycles. The molecule has 5 heteroatoms. The van der Waals surface area contributed by atoms with Crippen LogP contribution < -0.4 is 4.74 Å². The van der Waals surface area contributed by atoms with Crippen molar-refractivity contribution in [3.8, 4) is 11.5 Å². The predicted molar refractivity (Wildman–Crippen MR) is 68.0 cm³/mol. The van der Waals surface area contributed by atoms with Gasteiger partial charge in [-0.2, -0.15) is 0 Å². The van der Waals surface area contributed by atoms with Gasteiger partial charge in [-0.05, 0) is 46.6 Å². The number of methoxy groups -OCH3 is 1. The Kier molecular flexibility index (Phi) is 5.03. The molecule has 0 aliphatic carbocycles. The van der Waals surface area contributed by atoms with Crippen LogP contribution in [0.4, 0.5) is 0 Å². The van der Waals surface area contributed by atoms with Crippen molar-refractivity contribution in [2.75, 3.05) is 13.7 Å². The van der Waals surface area contributed by atoms with Crippen molar-refractivity contribution in [3.63, 3.8) is 0 Å². The second-order valence-corrected chi connectivity index (χ2v) is 3.99. The summed E-state index contributed by atoms with van der Waals surface area (Å²) in [6.45, 7) is 2.27. The summed E-state index contributed by atoms with van der Waals surface area (Å²) in [4.78, 5) is 10.9. The standard InChI is InChI=1S/C12H13BrO4/c1-3-17-10-7-8(4-5-11(14)16-2)6-9(13)12(10)15/h4-7,15H,3H2,1-2H3. The van der Waals surface area contributed by atoms with Gasteiger partial charge < -0.3 is 14.6 Å². The molecule has 0 atom stereocenters. The highest BCUT2D eigenvalue weighted by atomic mass is 79.9. The number of phenolic OH excluding ortho intramolecular Hbond substituents is 1. The number of ether oxygens (including phenoxy) is 2. The van der Waals surface area contributed by atoms with Crippen molar-refractivity contribution in [3.05, 3.63) is 28.2 Å². The number of carbonyl (C=O) groups is 1. The molecular weight excluding hydrogens is 288 g/mol. The SMILES string of the molecule is CCOc1cc(C=CC(=O)OC)cc(Br)c1O. The molecule has 0 saturated carbocycles. The van der Waals surface area contributed by atoms with Crippen LogP contribution in [-0.4, -0.2) is 24.8 Å². The van der Waals surface area contributed by atoms with E-state index in [1.807, 2.05) is 6.92 Å². The first-order valence-electron chi connectivity index (χ1n) is 4.99. The molecule has 17 heavy (non-hydrogen) atoms. The second kappa shape index (κ2) is 6.30. The van der Waals surface area contributed by atoms with E-state index in [0.717, 1.165) is 5.56 Å². The lowest BCUT2D eigenvalue weighted by atomic mass is 10.2. The Bertz CT molecular complexity index is 440. The van der Waals surface area contributed by atoms with Gasteiger partial charge in [0.05, 0.1) is 18.2 Å². The van der Waals surface area contributed by atoms with E-state index in [0.29, 0.717) is 16.8 Å². The Morgan fingerprint density at radius 3 is 2.82 bits per heavy atom. The first-order chi connectivity index (χ1) is 8.08. The lowest BCUT2D eigenvalue weighted by Gasteiger charge is -2.08. The third kappa shape index (κ3) is 3.78. The largest absolute Gasteiger partial charge is 0.503 e. The molecule has 0 aliphatic heterocycles. The number of hydrogen-bond donors (Lipinski definition) is 1. The van der Waals surface area contributed by atoms with Crippen LogP contribution in [0.25, 0.3) is 6.08 Å². The van der Waals surface area contributed by atoms with Gasteiger partial charge in [-0.1, -0.05) is 0 Å². The van der Waals surface area contributed by atoms with Gasteiger partial charge in [0.25, 0.3) is 0 Å². The average Bonchev–Trinajstić information content (AvgIpc) is 2.32. The molecule has 0 fully saturated rings. The van der Waals surface area contributed by atoms with E-state index in [2.05, 4.69) is 20.7 Å². The molecule has 0 unspecified atom stereocenters.